The van der Waals surface area contributed by atoms with E-state index in [0.29, 0.717) is 28.6 Å². The van der Waals surface area contributed by atoms with Crippen LogP contribution in [0.3, 0.4) is 0 Å². The molecule has 86 valence electrons. The largest absolute Gasteiger partial charge is 0.492 e. The Bertz CT molecular complexity index is 430. The molecule has 0 saturated carbocycles. The fourth-order valence-electron chi connectivity index (χ4n) is 1.57. The molecule has 1 aliphatic heterocycles. The van der Waals surface area contributed by atoms with Crippen LogP contribution in [0.1, 0.15) is 5.56 Å². The van der Waals surface area contributed by atoms with Gasteiger partial charge in [0.05, 0.1) is 20.4 Å². The molecule has 0 radical (unpaired) electrons. The summed E-state index contributed by atoms with van der Waals surface area (Å²) >= 11 is 0. The first-order chi connectivity index (χ1) is 7.81. The summed E-state index contributed by atoms with van der Waals surface area (Å²) in [4.78, 5) is 0. The van der Waals surface area contributed by atoms with Crippen LogP contribution < -0.4 is 18.9 Å². The molecule has 6 nitrogen and oxygen atoms in total. The van der Waals surface area contributed by atoms with Gasteiger partial charge < -0.3 is 24.2 Å². The van der Waals surface area contributed by atoms with Gasteiger partial charge in [0.15, 0.2) is 11.5 Å². The minimum atomic E-state index is 0.134. The molecule has 1 N–H and O–H groups in total. The van der Waals surface area contributed by atoms with Crippen molar-refractivity contribution in [2.24, 2.45) is 5.16 Å². The Labute approximate surface area is 92.0 Å². The molecule has 0 aliphatic carbocycles. The lowest BCUT2D eigenvalue weighted by Crippen LogP contribution is -1.97. The number of methoxy groups -OCH3 is 2. The molecule has 16 heavy (non-hydrogen) atoms. The Hall–Kier alpha value is -2.11. The van der Waals surface area contributed by atoms with Crippen LogP contribution in [-0.2, 0) is 0 Å². The van der Waals surface area contributed by atoms with Gasteiger partial charge in [-0.1, -0.05) is 5.16 Å². The van der Waals surface area contributed by atoms with Crippen LogP contribution in [0.4, 0.5) is 0 Å². The molecule has 2 rings (SSSR count). The zero-order chi connectivity index (χ0) is 11.5. The third kappa shape index (κ3) is 1.48. The molecule has 1 aromatic rings. The van der Waals surface area contributed by atoms with Crippen molar-refractivity contribution in [2.75, 3.05) is 21.0 Å². The molecule has 0 bridgehead atoms. The monoisotopic (exact) mass is 225 g/mol. The second-order valence-electron chi connectivity index (χ2n) is 3.01. The lowest BCUT2D eigenvalue weighted by molar-refractivity contribution is 0.170. The van der Waals surface area contributed by atoms with Crippen molar-refractivity contribution in [3.8, 4) is 23.0 Å². The molecular weight excluding hydrogens is 214 g/mol. The summed E-state index contributed by atoms with van der Waals surface area (Å²) in [7, 11) is 2.99. The standard InChI is InChI=1S/C10H11NO5/c1-13-8-6(4-11-12)3-7-9(10(8)14-2)16-5-15-7/h3-4,12H,5H2,1-2H3/b11-4-. The van der Waals surface area contributed by atoms with Crippen molar-refractivity contribution in [3.05, 3.63) is 11.6 Å². The summed E-state index contributed by atoms with van der Waals surface area (Å²) < 4.78 is 20.9. The third-order valence-corrected chi connectivity index (χ3v) is 2.21. The van der Waals surface area contributed by atoms with Crippen molar-refractivity contribution in [3.63, 3.8) is 0 Å². The van der Waals surface area contributed by atoms with E-state index in [1.54, 1.807) is 6.07 Å². The zero-order valence-corrected chi connectivity index (χ0v) is 8.89. The van der Waals surface area contributed by atoms with Gasteiger partial charge in [-0.2, -0.15) is 0 Å². The van der Waals surface area contributed by atoms with Gasteiger partial charge in [0.25, 0.3) is 0 Å². The Kier molecular flexibility index (Phi) is 2.72. The summed E-state index contributed by atoms with van der Waals surface area (Å²) in [6.45, 7) is 0.134. The number of ether oxygens (including phenoxy) is 4. The predicted octanol–water partition coefficient (Wildman–Crippen LogP) is 1.24. The summed E-state index contributed by atoms with van der Waals surface area (Å²) in [5.41, 5.74) is 0.547. The van der Waals surface area contributed by atoms with E-state index in [2.05, 4.69) is 5.16 Å². The molecule has 1 aliphatic rings. The molecule has 6 heteroatoms. The molecule has 0 aromatic heterocycles. The second kappa shape index (κ2) is 4.18. The van der Waals surface area contributed by atoms with Crippen molar-refractivity contribution >= 4 is 6.21 Å². The number of hydrogen-bond donors (Lipinski definition) is 1. The van der Waals surface area contributed by atoms with Crippen LogP contribution in [0.2, 0.25) is 0 Å². The van der Waals surface area contributed by atoms with Gasteiger partial charge >= 0.3 is 0 Å². The molecule has 1 aromatic carbocycles. The number of rotatable bonds is 3. The number of benzene rings is 1. The summed E-state index contributed by atoms with van der Waals surface area (Å²) in [6, 6.07) is 1.66. The van der Waals surface area contributed by atoms with Crippen molar-refractivity contribution in [1.29, 1.82) is 0 Å². The summed E-state index contributed by atoms with van der Waals surface area (Å²) in [6.07, 6.45) is 1.24. The molecule has 0 saturated heterocycles. The molecule has 1 heterocycles. The molecule has 0 fully saturated rings. The van der Waals surface area contributed by atoms with Crippen molar-refractivity contribution in [1.82, 2.24) is 0 Å². The third-order valence-electron chi connectivity index (χ3n) is 2.21. The maximum Gasteiger partial charge on any atom is 0.231 e. The van der Waals surface area contributed by atoms with Gasteiger partial charge in [-0.05, 0) is 6.07 Å². The van der Waals surface area contributed by atoms with Gasteiger partial charge in [-0.25, -0.2) is 0 Å². The lowest BCUT2D eigenvalue weighted by Gasteiger charge is -2.12. The first-order valence-corrected chi connectivity index (χ1v) is 4.53. The number of fused-ring (bicyclic) bond motifs is 1. The van der Waals surface area contributed by atoms with E-state index in [1.165, 1.54) is 20.4 Å². The van der Waals surface area contributed by atoms with E-state index in [4.69, 9.17) is 24.2 Å². The van der Waals surface area contributed by atoms with E-state index < -0.39 is 0 Å². The lowest BCUT2D eigenvalue weighted by atomic mass is 10.1. The highest BCUT2D eigenvalue weighted by molar-refractivity contribution is 5.87. The van der Waals surface area contributed by atoms with Crippen LogP contribution in [0.15, 0.2) is 11.2 Å². The SMILES string of the molecule is COc1c(/C=N\O)cc2c(c1OC)OCO2. The molecule has 0 spiro atoms. The summed E-state index contributed by atoms with van der Waals surface area (Å²) in [5, 5.41) is 11.5. The average molecular weight is 225 g/mol. The maximum absolute atomic E-state index is 8.55. The van der Waals surface area contributed by atoms with E-state index in [-0.39, 0.29) is 6.79 Å². The first kappa shape index (κ1) is 10.4. The Balaban J connectivity index is 2.63. The van der Waals surface area contributed by atoms with Gasteiger partial charge in [0.2, 0.25) is 18.3 Å². The van der Waals surface area contributed by atoms with Crippen LogP contribution in [0, 0.1) is 0 Å². The highest BCUT2D eigenvalue weighted by Crippen LogP contribution is 2.48. The van der Waals surface area contributed by atoms with Crippen LogP contribution in [0.5, 0.6) is 23.0 Å². The molecule has 0 atom stereocenters. The Morgan fingerprint density at radius 3 is 2.69 bits per heavy atom. The maximum atomic E-state index is 8.55. The van der Waals surface area contributed by atoms with Gasteiger partial charge in [-0.3, -0.25) is 0 Å². The van der Waals surface area contributed by atoms with E-state index >= 15 is 0 Å². The van der Waals surface area contributed by atoms with Gasteiger partial charge in [0.1, 0.15) is 0 Å². The number of nitrogens with zero attached hydrogens (tertiary/aromatic N) is 1. The summed E-state index contributed by atoms with van der Waals surface area (Å²) in [5.74, 6) is 1.89. The topological polar surface area (TPSA) is 69.5 Å². The van der Waals surface area contributed by atoms with Gasteiger partial charge in [0, 0.05) is 5.56 Å². The zero-order valence-electron chi connectivity index (χ0n) is 8.89. The van der Waals surface area contributed by atoms with Crippen molar-refractivity contribution < 1.29 is 24.2 Å². The van der Waals surface area contributed by atoms with Gasteiger partial charge in [-0.15, -0.1) is 0 Å². The fraction of sp³-hybridized carbons (Fsp3) is 0.300. The fourth-order valence-corrected chi connectivity index (χ4v) is 1.57. The van der Waals surface area contributed by atoms with E-state index in [1.807, 2.05) is 0 Å². The normalized spacial score (nSPS) is 13.1. The number of hydrogen-bond acceptors (Lipinski definition) is 6. The highest BCUT2D eigenvalue weighted by atomic mass is 16.7. The highest BCUT2D eigenvalue weighted by Gasteiger charge is 2.25. The Morgan fingerprint density at radius 1 is 1.31 bits per heavy atom. The van der Waals surface area contributed by atoms with E-state index in [0.717, 1.165) is 0 Å². The van der Waals surface area contributed by atoms with Crippen molar-refractivity contribution in [2.45, 2.75) is 0 Å². The molecule has 0 amide bonds. The number of oxime groups is 1. The first-order valence-electron chi connectivity index (χ1n) is 4.53. The van der Waals surface area contributed by atoms with Crippen LogP contribution in [0.25, 0.3) is 0 Å². The van der Waals surface area contributed by atoms with E-state index in [9.17, 15) is 0 Å². The quantitative estimate of drug-likeness (QED) is 0.476. The predicted molar refractivity (Wildman–Crippen MR) is 55.0 cm³/mol. The Morgan fingerprint density at radius 2 is 2.06 bits per heavy atom. The van der Waals surface area contributed by atoms with Crippen LogP contribution >= 0.6 is 0 Å². The minimum Gasteiger partial charge on any atom is -0.492 e. The average Bonchev–Trinajstić information content (AvgIpc) is 2.75. The molecular formula is C10H11NO5. The minimum absolute atomic E-state index is 0.134. The smallest absolute Gasteiger partial charge is 0.231 e. The second-order valence-corrected chi connectivity index (χ2v) is 3.01. The molecule has 0 unspecified atom stereocenters. The van der Waals surface area contributed by atoms with Crippen LogP contribution in [-0.4, -0.2) is 32.4 Å².